The fraction of sp³-hybridized carbons (Fsp3) is 0.951. The normalized spacial score (nSPS) is 12.1. The van der Waals surface area contributed by atoms with Gasteiger partial charge in [-0.2, -0.15) is 0 Å². The minimum absolute atomic E-state index is 0.0574. The van der Waals surface area contributed by atoms with E-state index in [1.165, 1.54) is 161 Å². The maximum Gasteiger partial charge on any atom is 0.306 e. The molecule has 1 N–H and O–H groups in total. The van der Waals surface area contributed by atoms with Crippen LogP contribution in [0.4, 0.5) is 0 Å². The number of aliphatic hydroxyl groups excluding tert-OH is 1. The summed E-state index contributed by atoms with van der Waals surface area (Å²) in [5.41, 5.74) is 0. The summed E-state index contributed by atoms with van der Waals surface area (Å²) in [6, 6.07) is 0. The lowest BCUT2D eigenvalue weighted by molar-refractivity contribution is -0.161. The Morgan fingerprint density at radius 2 is 0.804 bits per heavy atom. The smallest absolute Gasteiger partial charge is 0.306 e. The number of hydrogen-bond acceptors (Lipinski definition) is 5. The van der Waals surface area contributed by atoms with Crippen molar-refractivity contribution in [2.75, 3.05) is 13.2 Å². The van der Waals surface area contributed by atoms with E-state index in [0.717, 1.165) is 38.0 Å². The maximum atomic E-state index is 12.2. The number of esters is 2. The molecular weight excluding hydrogens is 572 g/mol. The SMILES string of the molecule is CCCCCCCCCCCCCCCCC(=O)OC[C@H](CO)OC(=O)CCCCCCCCCCCCCCCCCC(C)C. The van der Waals surface area contributed by atoms with Crippen LogP contribution in [0.5, 0.6) is 0 Å². The van der Waals surface area contributed by atoms with Gasteiger partial charge in [-0.1, -0.05) is 201 Å². The topological polar surface area (TPSA) is 72.8 Å². The van der Waals surface area contributed by atoms with E-state index in [1.54, 1.807) is 0 Å². The number of carbonyl (C=O) groups is 2. The first-order chi connectivity index (χ1) is 22.5. The highest BCUT2D eigenvalue weighted by Gasteiger charge is 2.16. The molecule has 0 rings (SSSR count). The summed E-state index contributed by atoms with van der Waals surface area (Å²) in [7, 11) is 0. The molecule has 0 saturated heterocycles. The highest BCUT2D eigenvalue weighted by Crippen LogP contribution is 2.16. The Morgan fingerprint density at radius 3 is 1.15 bits per heavy atom. The first-order valence-corrected chi connectivity index (χ1v) is 20.5. The molecule has 46 heavy (non-hydrogen) atoms. The molecule has 5 heteroatoms. The largest absolute Gasteiger partial charge is 0.462 e. The Kier molecular flexibility index (Phi) is 35.9. The summed E-state index contributed by atoms with van der Waals surface area (Å²) >= 11 is 0. The Bertz CT molecular complexity index is 634. The van der Waals surface area contributed by atoms with Crippen LogP contribution in [0.25, 0.3) is 0 Å². The molecule has 0 aliphatic rings. The first-order valence-electron chi connectivity index (χ1n) is 20.5. The lowest BCUT2D eigenvalue weighted by Gasteiger charge is -2.15. The number of rotatable bonds is 37. The van der Waals surface area contributed by atoms with Crippen molar-refractivity contribution in [2.45, 2.75) is 232 Å². The van der Waals surface area contributed by atoms with Crippen molar-refractivity contribution in [3.05, 3.63) is 0 Å². The fourth-order valence-corrected chi connectivity index (χ4v) is 6.21. The van der Waals surface area contributed by atoms with Gasteiger partial charge in [0, 0.05) is 12.8 Å². The van der Waals surface area contributed by atoms with E-state index in [-0.39, 0.29) is 25.2 Å². The Morgan fingerprint density at radius 1 is 0.478 bits per heavy atom. The van der Waals surface area contributed by atoms with Gasteiger partial charge in [-0.25, -0.2) is 0 Å². The average Bonchev–Trinajstić information content (AvgIpc) is 3.04. The molecule has 0 aromatic carbocycles. The molecule has 0 bridgehead atoms. The third-order valence-electron chi connectivity index (χ3n) is 9.33. The van der Waals surface area contributed by atoms with Gasteiger partial charge in [0.2, 0.25) is 0 Å². The van der Waals surface area contributed by atoms with Crippen molar-refractivity contribution in [1.82, 2.24) is 0 Å². The molecule has 274 valence electrons. The van der Waals surface area contributed by atoms with Crippen molar-refractivity contribution < 1.29 is 24.2 Å². The zero-order valence-corrected chi connectivity index (χ0v) is 31.3. The third kappa shape index (κ3) is 35.7. The van der Waals surface area contributed by atoms with Crippen molar-refractivity contribution >= 4 is 11.9 Å². The number of aliphatic hydroxyl groups is 1. The van der Waals surface area contributed by atoms with Crippen molar-refractivity contribution in [1.29, 1.82) is 0 Å². The molecule has 0 fully saturated rings. The van der Waals surface area contributed by atoms with Gasteiger partial charge < -0.3 is 14.6 Å². The molecule has 0 aliphatic carbocycles. The van der Waals surface area contributed by atoms with E-state index in [1.807, 2.05) is 0 Å². The van der Waals surface area contributed by atoms with Crippen molar-refractivity contribution in [3.8, 4) is 0 Å². The molecule has 1 atom stereocenters. The van der Waals surface area contributed by atoms with Gasteiger partial charge in [-0.05, 0) is 18.8 Å². The van der Waals surface area contributed by atoms with Crippen LogP contribution in [0.1, 0.15) is 226 Å². The van der Waals surface area contributed by atoms with Crippen molar-refractivity contribution in [2.24, 2.45) is 5.92 Å². The molecule has 0 unspecified atom stereocenters. The summed E-state index contributed by atoms with van der Waals surface area (Å²) in [5.74, 6) is 0.280. The molecular formula is C41H80O5. The van der Waals surface area contributed by atoms with Crippen molar-refractivity contribution in [3.63, 3.8) is 0 Å². The van der Waals surface area contributed by atoms with Gasteiger partial charge in [0.25, 0.3) is 0 Å². The van der Waals surface area contributed by atoms with E-state index in [0.29, 0.717) is 12.8 Å². The molecule has 0 radical (unpaired) electrons. The molecule has 0 aromatic heterocycles. The van der Waals surface area contributed by atoms with Crippen LogP contribution in [0.2, 0.25) is 0 Å². The molecule has 0 spiro atoms. The van der Waals surface area contributed by atoms with Gasteiger partial charge in [0.15, 0.2) is 6.10 Å². The summed E-state index contributed by atoms with van der Waals surface area (Å²) in [6.07, 6.45) is 38.8. The van der Waals surface area contributed by atoms with Crippen LogP contribution in [-0.4, -0.2) is 36.4 Å². The van der Waals surface area contributed by atoms with Crippen LogP contribution in [0.3, 0.4) is 0 Å². The lowest BCUT2D eigenvalue weighted by atomic mass is 10.0. The van der Waals surface area contributed by atoms with E-state index in [9.17, 15) is 14.7 Å². The zero-order valence-electron chi connectivity index (χ0n) is 31.3. The molecule has 0 aromatic rings. The summed E-state index contributed by atoms with van der Waals surface area (Å²) < 4.78 is 10.6. The summed E-state index contributed by atoms with van der Waals surface area (Å²) in [4.78, 5) is 24.3. The molecule has 0 aliphatic heterocycles. The zero-order chi connectivity index (χ0) is 33.8. The average molecular weight is 653 g/mol. The first kappa shape index (κ1) is 44.9. The summed E-state index contributed by atoms with van der Waals surface area (Å²) in [5, 5.41) is 9.56. The van der Waals surface area contributed by atoms with Crippen LogP contribution >= 0.6 is 0 Å². The van der Waals surface area contributed by atoms with E-state index in [4.69, 9.17) is 9.47 Å². The highest BCUT2D eigenvalue weighted by atomic mass is 16.6. The van der Waals surface area contributed by atoms with E-state index in [2.05, 4.69) is 20.8 Å². The number of unbranched alkanes of at least 4 members (excludes halogenated alkanes) is 27. The molecule has 0 saturated carbocycles. The minimum Gasteiger partial charge on any atom is -0.462 e. The monoisotopic (exact) mass is 653 g/mol. The van der Waals surface area contributed by atoms with Crippen LogP contribution < -0.4 is 0 Å². The summed E-state index contributed by atoms with van der Waals surface area (Å²) in [6.45, 7) is 6.52. The Labute approximate surface area is 287 Å². The quantitative estimate of drug-likeness (QED) is 0.0534. The van der Waals surface area contributed by atoms with Gasteiger partial charge in [-0.15, -0.1) is 0 Å². The highest BCUT2D eigenvalue weighted by molar-refractivity contribution is 5.70. The number of carbonyl (C=O) groups excluding carboxylic acids is 2. The molecule has 0 amide bonds. The number of hydrogen-bond donors (Lipinski definition) is 1. The van der Waals surface area contributed by atoms with Crippen LogP contribution in [0, 0.1) is 5.92 Å². The second-order valence-corrected chi connectivity index (χ2v) is 14.6. The number of ether oxygens (including phenoxy) is 2. The van der Waals surface area contributed by atoms with Gasteiger partial charge in [-0.3, -0.25) is 9.59 Å². The second kappa shape index (κ2) is 36.7. The van der Waals surface area contributed by atoms with Crippen LogP contribution in [-0.2, 0) is 19.1 Å². The second-order valence-electron chi connectivity index (χ2n) is 14.6. The minimum atomic E-state index is -0.762. The Balaban J connectivity index is 3.48. The van der Waals surface area contributed by atoms with E-state index < -0.39 is 6.10 Å². The fourth-order valence-electron chi connectivity index (χ4n) is 6.21. The molecule has 5 nitrogen and oxygen atoms in total. The predicted octanol–water partition coefficient (Wildman–Crippen LogP) is 12.6. The lowest BCUT2D eigenvalue weighted by Crippen LogP contribution is -2.28. The molecule has 0 heterocycles. The van der Waals surface area contributed by atoms with Gasteiger partial charge in [0.1, 0.15) is 6.61 Å². The van der Waals surface area contributed by atoms with Gasteiger partial charge >= 0.3 is 11.9 Å². The Hall–Kier alpha value is -1.10. The van der Waals surface area contributed by atoms with Crippen LogP contribution in [0.15, 0.2) is 0 Å². The predicted molar refractivity (Wildman–Crippen MR) is 196 cm³/mol. The maximum absolute atomic E-state index is 12.2. The third-order valence-corrected chi connectivity index (χ3v) is 9.33. The van der Waals surface area contributed by atoms with E-state index >= 15 is 0 Å². The standard InChI is InChI=1S/C41H80O5/c1-4-5-6-7-8-9-10-11-16-19-22-25-28-31-34-40(43)45-37-39(36-42)46-41(44)35-32-29-26-23-20-17-14-12-13-15-18-21-24-27-30-33-38(2)3/h38-39,42H,4-37H2,1-3H3/t39-/m0/s1. The van der Waals surface area contributed by atoms with Gasteiger partial charge in [0.05, 0.1) is 6.61 Å².